The van der Waals surface area contributed by atoms with E-state index in [0.29, 0.717) is 30.9 Å². The van der Waals surface area contributed by atoms with Crippen LogP contribution in [-0.2, 0) is 4.79 Å². The Bertz CT molecular complexity index is 923. The highest BCUT2D eigenvalue weighted by Gasteiger charge is 2.29. The van der Waals surface area contributed by atoms with E-state index in [-0.39, 0.29) is 18.1 Å². The van der Waals surface area contributed by atoms with Crippen molar-refractivity contribution in [3.8, 4) is 5.75 Å². The molecule has 0 bridgehead atoms. The maximum atomic E-state index is 14.5. The molecule has 4 rings (SSSR count). The van der Waals surface area contributed by atoms with Crippen LogP contribution in [0.15, 0.2) is 30.5 Å². The highest BCUT2D eigenvalue weighted by molar-refractivity contribution is 5.73. The zero-order chi connectivity index (χ0) is 22.0. The van der Waals surface area contributed by atoms with Gasteiger partial charge in [0.25, 0.3) is 0 Å². The molecule has 166 valence electrons. The van der Waals surface area contributed by atoms with Gasteiger partial charge in [-0.15, -0.1) is 0 Å². The molecule has 8 heteroatoms. The van der Waals surface area contributed by atoms with E-state index in [1.54, 1.807) is 0 Å². The van der Waals surface area contributed by atoms with Gasteiger partial charge < -0.3 is 19.9 Å². The Kier molecular flexibility index (Phi) is 6.25. The average molecular weight is 428 g/mol. The van der Waals surface area contributed by atoms with Crippen LogP contribution in [0.1, 0.15) is 51.6 Å². The van der Waals surface area contributed by atoms with Gasteiger partial charge in [0.2, 0.25) is 11.9 Å². The third kappa shape index (κ3) is 4.89. The molecule has 2 saturated heterocycles. The first-order chi connectivity index (χ1) is 14.9. The van der Waals surface area contributed by atoms with Gasteiger partial charge in [0.05, 0.1) is 18.8 Å². The summed E-state index contributed by atoms with van der Waals surface area (Å²) >= 11 is 0. The van der Waals surface area contributed by atoms with E-state index in [9.17, 15) is 9.18 Å². The lowest BCUT2D eigenvalue weighted by Crippen LogP contribution is -2.30. The molecule has 0 radical (unpaired) electrons. The summed E-state index contributed by atoms with van der Waals surface area (Å²) in [5, 5.41) is 2.87. The van der Waals surface area contributed by atoms with E-state index in [4.69, 9.17) is 4.74 Å². The van der Waals surface area contributed by atoms with E-state index in [2.05, 4.69) is 27.1 Å². The van der Waals surface area contributed by atoms with Crippen LogP contribution in [0.5, 0.6) is 5.75 Å². The zero-order valence-corrected chi connectivity index (χ0v) is 18.3. The molecule has 0 aliphatic carbocycles. The first-order valence-electron chi connectivity index (χ1n) is 11.0. The Morgan fingerprint density at radius 3 is 2.71 bits per heavy atom. The number of rotatable bonds is 6. The number of carbonyl (C=O) groups is 1. The topological polar surface area (TPSA) is 70.6 Å². The third-order valence-corrected chi connectivity index (χ3v) is 6.07. The van der Waals surface area contributed by atoms with Crippen molar-refractivity contribution in [3.63, 3.8) is 0 Å². The molecule has 0 unspecified atom stereocenters. The van der Waals surface area contributed by atoms with Crippen LogP contribution < -0.4 is 19.9 Å². The van der Waals surface area contributed by atoms with Crippen molar-refractivity contribution in [1.82, 2.24) is 15.3 Å². The van der Waals surface area contributed by atoms with Crippen molar-refractivity contribution < 1.29 is 13.9 Å². The van der Waals surface area contributed by atoms with E-state index < -0.39 is 5.82 Å². The molecule has 2 aliphatic rings. The number of nitrogens with zero attached hydrogens (tertiary/aromatic N) is 4. The largest absolute Gasteiger partial charge is 0.489 e. The predicted molar refractivity (Wildman–Crippen MR) is 118 cm³/mol. The standard InChI is InChI=1S/C23H30FN5O2/c1-15-5-4-11-29(15)23-25-13-21(24)22(27-23)28-12-10-20(14-28)31-19-8-6-18(7-9-19)16(2)26-17(3)30/h6-9,13,15-16,20H,4-5,10-12,14H2,1-3H3,(H,26,30)/t15-,16-,20+/m0/s1. The molecule has 0 spiro atoms. The highest BCUT2D eigenvalue weighted by Crippen LogP contribution is 2.28. The van der Waals surface area contributed by atoms with Crippen LogP contribution >= 0.6 is 0 Å². The third-order valence-electron chi connectivity index (χ3n) is 6.07. The maximum absolute atomic E-state index is 14.5. The summed E-state index contributed by atoms with van der Waals surface area (Å²) in [5.74, 6) is 1.27. The van der Waals surface area contributed by atoms with E-state index in [0.717, 1.165) is 37.1 Å². The first kappa shape index (κ1) is 21.3. The molecule has 1 amide bonds. The summed E-state index contributed by atoms with van der Waals surface area (Å²) in [6.45, 7) is 7.78. The molecular formula is C23H30FN5O2. The highest BCUT2D eigenvalue weighted by atomic mass is 19.1. The number of halogens is 1. The minimum absolute atomic E-state index is 0.0397. The van der Waals surface area contributed by atoms with Crippen molar-refractivity contribution in [2.24, 2.45) is 0 Å². The molecule has 3 atom stereocenters. The van der Waals surface area contributed by atoms with Crippen LogP contribution in [0.25, 0.3) is 0 Å². The smallest absolute Gasteiger partial charge is 0.227 e. The normalized spacial score (nSPS) is 21.9. The van der Waals surface area contributed by atoms with Gasteiger partial charge in [0.15, 0.2) is 11.6 Å². The van der Waals surface area contributed by atoms with Gasteiger partial charge in [-0.1, -0.05) is 12.1 Å². The Morgan fingerprint density at radius 1 is 1.26 bits per heavy atom. The van der Waals surface area contributed by atoms with E-state index >= 15 is 0 Å². The number of hydrogen-bond acceptors (Lipinski definition) is 6. The monoisotopic (exact) mass is 427 g/mol. The van der Waals surface area contributed by atoms with Crippen molar-refractivity contribution in [1.29, 1.82) is 0 Å². The van der Waals surface area contributed by atoms with Gasteiger partial charge in [0, 0.05) is 32.5 Å². The van der Waals surface area contributed by atoms with Gasteiger partial charge in [0.1, 0.15) is 11.9 Å². The molecule has 3 heterocycles. The minimum Gasteiger partial charge on any atom is -0.489 e. The molecule has 7 nitrogen and oxygen atoms in total. The quantitative estimate of drug-likeness (QED) is 0.761. The summed E-state index contributed by atoms with van der Waals surface area (Å²) in [6, 6.07) is 8.06. The number of nitrogens with one attached hydrogen (secondary N) is 1. The summed E-state index contributed by atoms with van der Waals surface area (Å²) in [7, 11) is 0. The molecule has 2 fully saturated rings. The minimum atomic E-state index is -0.396. The number of anilines is 2. The number of amides is 1. The first-order valence-corrected chi connectivity index (χ1v) is 11.0. The molecule has 0 saturated carbocycles. The Labute approximate surface area is 182 Å². The molecule has 31 heavy (non-hydrogen) atoms. The fourth-order valence-corrected chi connectivity index (χ4v) is 4.37. The van der Waals surface area contributed by atoms with Gasteiger partial charge in [-0.3, -0.25) is 4.79 Å². The van der Waals surface area contributed by atoms with Crippen LogP contribution in [0.3, 0.4) is 0 Å². The predicted octanol–water partition coefficient (Wildman–Crippen LogP) is 3.46. The molecule has 1 aromatic carbocycles. The molecule has 1 N–H and O–H groups in total. The molecular weight excluding hydrogens is 397 g/mol. The van der Waals surface area contributed by atoms with Crippen molar-refractivity contribution in [2.75, 3.05) is 29.4 Å². The second kappa shape index (κ2) is 9.08. The Balaban J connectivity index is 1.39. The van der Waals surface area contributed by atoms with Gasteiger partial charge in [-0.2, -0.15) is 4.98 Å². The molecule has 2 aromatic rings. The Morgan fingerprint density at radius 2 is 2.03 bits per heavy atom. The van der Waals surface area contributed by atoms with Crippen molar-refractivity contribution >= 4 is 17.7 Å². The number of aromatic nitrogens is 2. The maximum Gasteiger partial charge on any atom is 0.227 e. The van der Waals surface area contributed by atoms with Gasteiger partial charge in [-0.05, 0) is 44.4 Å². The van der Waals surface area contributed by atoms with Crippen LogP contribution in [0.4, 0.5) is 16.2 Å². The average Bonchev–Trinajstić information content (AvgIpc) is 3.37. The molecule has 1 aromatic heterocycles. The fourth-order valence-electron chi connectivity index (χ4n) is 4.37. The second-order valence-corrected chi connectivity index (χ2v) is 8.49. The van der Waals surface area contributed by atoms with Crippen LogP contribution in [-0.4, -0.2) is 47.7 Å². The Hall–Kier alpha value is -2.90. The fraction of sp³-hybridized carbons (Fsp3) is 0.522. The number of carbonyl (C=O) groups excluding carboxylic acids is 1. The lowest BCUT2D eigenvalue weighted by Gasteiger charge is -2.24. The van der Waals surface area contributed by atoms with E-state index in [1.165, 1.54) is 13.1 Å². The van der Waals surface area contributed by atoms with Crippen molar-refractivity contribution in [2.45, 2.75) is 58.2 Å². The van der Waals surface area contributed by atoms with E-state index in [1.807, 2.05) is 36.1 Å². The number of benzene rings is 1. The summed E-state index contributed by atoms with van der Waals surface area (Å²) in [6.07, 6.45) is 4.26. The van der Waals surface area contributed by atoms with Gasteiger partial charge >= 0.3 is 0 Å². The van der Waals surface area contributed by atoms with Crippen LogP contribution in [0.2, 0.25) is 0 Å². The lowest BCUT2D eigenvalue weighted by atomic mass is 10.1. The number of ether oxygens (including phenoxy) is 1. The van der Waals surface area contributed by atoms with Crippen LogP contribution in [0, 0.1) is 5.82 Å². The summed E-state index contributed by atoms with van der Waals surface area (Å²) in [4.78, 5) is 24.1. The zero-order valence-electron chi connectivity index (χ0n) is 18.3. The number of hydrogen-bond donors (Lipinski definition) is 1. The SMILES string of the molecule is CC(=O)N[C@@H](C)c1ccc(O[C@@H]2CCN(c3nc(N4CCC[C@@H]4C)ncc3F)C2)cc1. The summed E-state index contributed by atoms with van der Waals surface area (Å²) < 4.78 is 20.6. The van der Waals surface area contributed by atoms with Crippen molar-refractivity contribution in [3.05, 3.63) is 41.8 Å². The lowest BCUT2D eigenvalue weighted by molar-refractivity contribution is -0.119. The second-order valence-electron chi connectivity index (χ2n) is 8.49. The summed E-state index contributed by atoms with van der Waals surface area (Å²) in [5.41, 5.74) is 1.02. The molecule has 2 aliphatic heterocycles. The van der Waals surface area contributed by atoms with Gasteiger partial charge in [-0.25, -0.2) is 9.37 Å².